The van der Waals surface area contributed by atoms with Crippen LogP contribution in [0, 0.1) is 0 Å². The fourth-order valence-electron chi connectivity index (χ4n) is 5.71. The summed E-state index contributed by atoms with van der Waals surface area (Å²) in [6.45, 7) is 5.21. The van der Waals surface area contributed by atoms with Crippen LogP contribution in [0.15, 0.2) is 107 Å². The molecule has 47 heavy (non-hydrogen) atoms. The molecular weight excluding hydrogens is 594 g/mol. The minimum absolute atomic E-state index is 0.217. The minimum Gasteiger partial charge on any atom is -0.490 e. The molecule has 0 fully saturated rings. The number of nitrogens with one attached hydrogen (secondary N) is 1. The van der Waals surface area contributed by atoms with Gasteiger partial charge in [-0.15, -0.1) is 0 Å². The van der Waals surface area contributed by atoms with E-state index in [1.54, 1.807) is 43.0 Å². The number of hydrogen-bond acceptors (Lipinski definition) is 9. The summed E-state index contributed by atoms with van der Waals surface area (Å²) < 4.78 is 14.6. The summed E-state index contributed by atoms with van der Waals surface area (Å²) in [5.41, 5.74) is 2.96. The van der Waals surface area contributed by atoms with E-state index < -0.39 is 0 Å². The second-order valence-electron chi connectivity index (χ2n) is 10.8. The molecule has 0 saturated carbocycles. The predicted molar refractivity (Wildman–Crippen MR) is 181 cm³/mol. The summed E-state index contributed by atoms with van der Waals surface area (Å²) in [6, 6.07) is 18.4. The Kier molecular flexibility index (Phi) is 8.01. The molecule has 11 heteroatoms. The first-order chi connectivity index (χ1) is 23.1. The van der Waals surface area contributed by atoms with Crippen molar-refractivity contribution in [2.75, 3.05) is 19.8 Å². The summed E-state index contributed by atoms with van der Waals surface area (Å²) in [7, 11) is 0. The second kappa shape index (κ2) is 12.7. The molecule has 0 saturated heterocycles. The molecule has 0 bridgehead atoms. The monoisotopic (exact) mass is 625 g/mol. The first-order valence-electron chi connectivity index (χ1n) is 15.4. The second-order valence-corrected chi connectivity index (χ2v) is 10.8. The minimum atomic E-state index is -0.274. The van der Waals surface area contributed by atoms with Crippen molar-refractivity contribution in [2.45, 2.75) is 20.4 Å². The van der Waals surface area contributed by atoms with Crippen molar-refractivity contribution in [3.8, 4) is 22.8 Å². The van der Waals surface area contributed by atoms with Crippen molar-refractivity contribution in [1.82, 2.24) is 34.8 Å². The lowest BCUT2D eigenvalue weighted by Gasteiger charge is -2.20. The Bertz CT molecular complexity index is 2300. The molecule has 1 aliphatic rings. The number of dihydropyridines is 1. The number of aromatic nitrogens is 6. The van der Waals surface area contributed by atoms with E-state index in [-0.39, 0.29) is 17.7 Å². The molecule has 234 valence electrons. The van der Waals surface area contributed by atoms with Crippen LogP contribution in [0.1, 0.15) is 25.1 Å². The van der Waals surface area contributed by atoms with Gasteiger partial charge in [-0.25, -0.2) is 4.68 Å². The van der Waals surface area contributed by atoms with Gasteiger partial charge in [0.05, 0.1) is 36.2 Å². The fourth-order valence-corrected chi connectivity index (χ4v) is 5.71. The Labute approximate surface area is 269 Å². The Morgan fingerprint density at radius 2 is 1.49 bits per heavy atom. The number of benzene rings is 2. The number of hydrogen-bond donors (Lipinski definition) is 1. The highest BCUT2D eigenvalue weighted by molar-refractivity contribution is 5.98. The van der Waals surface area contributed by atoms with Gasteiger partial charge in [0.25, 0.3) is 11.1 Å². The third-order valence-electron chi connectivity index (χ3n) is 7.82. The van der Waals surface area contributed by atoms with E-state index in [1.807, 2.05) is 68.5 Å². The summed E-state index contributed by atoms with van der Waals surface area (Å²) in [6.07, 6.45) is 10.6. The summed E-state index contributed by atoms with van der Waals surface area (Å²) in [4.78, 5) is 36.2. The van der Waals surface area contributed by atoms with Gasteiger partial charge in [0.2, 0.25) is 0 Å². The van der Waals surface area contributed by atoms with E-state index in [4.69, 9.17) is 19.7 Å². The van der Waals surface area contributed by atoms with Gasteiger partial charge in [0.15, 0.2) is 11.5 Å². The third kappa shape index (κ3) is 5.63. The Morgan fingerprint density at radius 3 is 2.19 bits per heavy atom. The van der Waals surface area contributed by atoms with Gasteiger partial charge in [0, 0.05) is 53.2 Å². The van der Waals surface area contributed by atoms with Crippen LogP contribution < -0.4 is 25.9 Å². The maximum Gasteiger partial charge on any atom is 0.280 e. The molecule has 0 aliphatic carbocycles. The SMILES string of the molecule is CCOc1cc2c(C3=CCNC(n4nc(-c5cccnc5)c5ccccc5c4=O)=C3)nn(Cc3cccnc3)c(=O)c2cc1OCC. The smallest absolute Gasteiger partial charge is 0.280 e. The molecule has 6 aromatic rings. The maximum absolute atomic E-state index is 13.9. The molecule has 5 heterocycles. The number of ether oxygens (including phenoxy) is 2. The molecule has 0 atom stereocenters. The van der Waals surface area contributed by atoms with Crippen molar-refractivity contribution in [2.24, 2.45) is 0 Å². The Morgan fingerprint density at radius 1 is 0.766 bits per heavy atom. The van der Waals surface area contributed by atoms with Crippen LogP contribution in [0.2, 0.25) is 0 Å². The normalized spacial score (nSPS) is 12.8. The van der Waals surface area contributed by atoms with Gasteiger partial charge in [-0.2, -0.15) is 14.9 Å². The van der Waals surface area contributed by atoms with Crippen LogP contribution in [-0.2, 0) is 6.54 Å². The molecule has 1 N–H and O–H groups in total. The van der Waals surface area contributed by atoms with Crippen molar-refractivity contribution < 1.29 is 9.47 Å². The summed E-state index contributed by atoms with van der Waals surface area (Å²) in [5, 5.41) is 15.3. The van der Waals surface area contributed by atoms with Crippen LogP contribution in [0.4, 0.5) is 0 Å². The first-order valence-corrected chi connectivity index (χ1v) is 15.4. The molecule has 1 aliphatic heterocycles. The topological polar surface area (TPSA) is 126 Å². The number of nitrogens with zero attached hydrogens (tertiary/aromatic N) is 6. The molecule has 11 nitrogen and oxygen atoms in total. The zero-order valence-corrected chi connectivity index (χ0v) is 25.9. The van der Waals surface area contributed by atoms with Gasteiger partial charge in [-0.05, 0) is 61.9 Å². The van der Waals surface area contributed by atoms with Crippen LogP contribution >= 0.6 is 0 Å². The zero-order valence-electron chi connectivity index (χ0n) is 25.9. The molecule has 7 rings (SSSR count). The Hall–Kier alpha value is -6.10. The van der Waals surface area contributed by atoms with E-state index >= 15 is 0 Å². The summed E-state index contributed by atoms with van der Waals surface area (Å²) >= 11 is 0. The van der Waals surface area contributed by atoms with Crippen molar-refractivity contribution in [1.29, 1.82) is 0 Å². The highest BCUT2D eigenvalue weighted by Crippen LogP contribution is 2.35. The average molecular weight is 626 g/mol. The van der Waals surface area contributed by atoms with Crippen LogP contribution in [0.3, 0.4) is 0 Å². The molecule has 0 amide bonds. The van der Waals surface area contributed by atoms with E-state index in [9.17, 15) is 9.59 Å². The predicted octanol–water partition coefficient (Wildman–Crippen LogP) is 4.89. The van der Waals surface area contributed by atoms with Crippen LogP contribution in [-0.4, -0.2) is 49.3 Å². The quantitative estimate of drug-likeness (QED) is 0.239. The van der Waals surface area contributed by atoms with E-state index in [0.29, 0.717) is 70.2 Å². The third-order valence-corrected chi connectivity index (χ3v) is 7.82. The van der Waals surface area contributed by atoms with Gasteiger partial charge < -0.3 is 14.8 Å². The lowest BCUT2D eigenvalue weighted by atomic mass is 10.0. The molecule has 4 aromatic heterocycles. The summed E-state index contributed by atoms with van der Waals surface area (Å²) in [5.74, 6) is 1.47. The first kappa shape index (κ1) is 29.6. The number of rotatable bonds is 9. The van der Waals surface area contributed by atoms with Gasteiger partial charge >= 0.3 is 0 Å². The molecule has 2 aromatic carbocycles. The standard InChI is InChI=1S/C36H31N7O4/c1-3-46-30-18-28-29(19-31(30)47-4-2)35(44)42(22-23-9-7-14-37-20-23)40-33(28)24-13-16-39-32(17-24)43-36(45)27-12-6-5-11-26(27)34(41-43)25-10-8-15-38-21-25/h5-15,17-21,39H,3-4,16,22H2,1-2H3. The van der Waals surface area contributed by atoms with Crippen LogP contribution in [0.25, 0.3) is 44.2 Å². The largest absolute Gasteiger partial charge is 0.490 e. The average Bonchev–Trinajstić information content (AvgIpc) is 3.11. The zero-order chi connectivity index (χ0) is 32.3. The number of fused-ring (bicyclic) bond motifs is 2. The van der Waals surface area contributed by atoms with Gasteiger partial charge in [-0.3, -0.25) is 19.6 Å². The molecular formula is C36H31N7O4. The van der Waals surface area contributed by atoms with Crippen molar-refractivity contribution >= 4 is 32.9 Å². The van der Waals surface area contributed by atoms with Crippen molar-refractivity contribution in [3.63, 3.8) is 0 Å². The fraction of sp³-hybridized carbons (Fsp3) is 0.167. The van der Waals surface area contributed by atoms with E-state index in [0.717, 1.165) is 16.5 Å². The van der Waals surface area contributed by atoms with E-state index in [1.165, 1.54) is 9.36 Å². The highest BCUT2D eigenvalue weighted by Gasteiger charge is 2.21. The number of pyridine rings is 2. The maximum atomic E-state index is 13.9. The Balaban J connectivity index is 1.43. The van der Waals surface area contributed by atoms with E-state index in [2.05, 4.69) is 15.3 Å². The van der Waals surface area contributed by atoms with Gasteiger partial charge in [0.1, 0.15) is 11.5 Å². The van der Waals surface area contributed by atoms with Crippen molar-refractivity contribution in [3.05, 3.63) is 130 Å². The molecule has 0 spiro atoms. The molecule has 0 radical (unpaired) electrons. The molecule has 0 unspecified atom stereocenters. The van der Waals surface area contributed by atoms with Crippen LogP contribution in [0.5, 0.6) is 11.5 Å². The lowest BCUT2D eigenvalue weighted by molar-refractivity contribution is 0.288. The van der Waals surface area contributed by atoms with Gasteiger partial charge in [-0.1, -0.05) is 30.3 Å². The lowest BCUT2D eigenvalue weighted by Crippen LogP contribution is -2.31. The number of allylic oxidation sites excluding steroid dienone is 2. The highest BCUT2D eigenvalue weighted by atomic mass is 16.5.